The summed E-state index contributed by atoms with van der Waals surface area (Å²) in [5.74, 6) is 0.819. The van der Waals surface area contributed by atoms with Gasteiger partial charge in [-0.3, -0.25) is 0 Å². The van der Waals surface area contributed by atoms with Gasteiger partial charge >= 0.3 is 6.03 Å². The van der Waals surface area contributed by atoms with Gasteiger partial charge in [-0.2, -0.15) is 5.10 Å². The normalized spacial score (nSPS) is 20.3. The molecule has 6 heteroatoms. The fourth-order valence-electron chi connectivity index (χ4n) is 3.21. The Bertz CT molecular complexity index is 730. The number of amides is 2. The monoisotopic (exact) mass is 315 g/mol. The molecule has 1 N–H and O–H groups in total. The van der Waals surface area contributed by atoms with Gasteiger partial charge in [0.25, 0.3) is 0 Å². The summed E-state index contributed by atoms with van der Waals surface area (Å²) in [5, 5.41) is 7.26. The van der Waals surface area contributed by atoms with Crippen molar-refractivity contribution in [1.82, 2.24) is 19.7 Å². The van der Waals surface area contributed by atoms with E-state index in [-0.39, 0.29) is 7.46 Å². The van der Waals surface area contributed by atoms with Crippen LogP contribution < -0.4 is 5.32 Å². The summed E-state index contributed by atoms with van der Waals surface area (Å²) in [4.78, 5) is 18.6. The van der Waals surface area contributed by atoms with Crippen molar-refractivity contribution in [1.29, 1.82) is 0 Å². The molecule has 6 nitrogen and oxygen atoms in total. The zero-order valence-electron chi connectivity index (χ0n) is 14.1. The van der Waals surface area contributed by atoms with Gasteiger partial charge in [-0.05, 0) is 51.3 Å². The lowest BCUT2D eigenvalue weighted by Crippen LogP contribution is -2.58. The number of urea groups is 1. The molecule has 23 heavy (non-hydrogen) atoms. The summed E-state index contributed by atoms with van der Waals surface area (Å²) in [6, 6.07) is 6.49. The zero-order chi connectivity index (χ0) is 16.6. The number of nitrogens with zero attached hydrogens (tertiary/aromatic N) is 4. The lowest BCUT2D eigenvalue weighted by Gasteiger charge is -2.46. The van der Waals surface area contributed by atoms with E-state index < -0.39 is 0 Å². The van der Waals surface area contributed by atoms with Crippen LogP contribution in [-0.4, -0.2) is 37.8 Å². The van der Waals surface area contributed by atoms with E-state index in [4.69, 9.17) is 0 Å². The van der Waals surface area contributed by atoms with E-state index in [1.54, 1.807) is 4.68 Å². The summed E-state index contributed by atoms with van der Waals surface area (Å²) in [7, 11) is 0. The Kier molecular flexibility index (Phi) is 4.07. The van der Waals surface area contributed by atoms with Gasteiger partial charge in [0.2, 0.25) is 0 Å². The minimum Gasteiger partial charge on any atom is -0.319 e. The van der Waals surface area contributed by atoms with Crippen molar-refractivity contribution in [3.05, 3.63) is 35.9 Å². The molecule has 0 aliphatic carbocycles. The van der Waals surface area contributed by atoms with E-state index in [1.165, 1.54) is 6.33 Å². The van der Waals surface area contributed by atoms with Crippen LogP contribution in [0.2, 0.25) is 0 Å². The smallest absolute Gasteiger partial charge is 0.319 e. The minimum atomic E-state index is -0.0271. The van der Waals surface area contributed by atoms with Crippen molar-refractivity contribution in [3.63, 3.8) is 0 Å². The number of carbonyl (C=O) groups excluding carboxylic acids is 1. The van der Waals surface area contributed by atoms with E-state index in [9.17, 15) is 4.79 Å². The second kappa shape index (κ2) is 6.02. The molecule has 0 radical (unpaired) electrons. The molecule has 1 aliphatic rings. The highest BCUT2D eigenvalue weighted by atomic mass is 16.2. The minimum absolute atomic E-state index is 0. The number of hydrogen-bond acceptors (Lipinski definition) is 3. The third kappa shape index (κ3) is 2.81. The summed E-state index contributed by atoms with van der Waals surface area (Å²) < 4.78 is 1.78. The van der Waals surface area contributed by atoms with Crippen LogP contribution >= 0.6 is 0 Å². The predicted molar refractivity (Wildman–Crippen MR) is 92.0 cm³/mol. The van der Waals surface area contributed by atoms with E-state index in [0.717, 1.165) is 35.6 Å². The molecule has 1 aromatic heterocycles. The Morgan fingerprint density at radius 1 is 1.43 bits per heavy atom. The molecule has 1 saturated heterocycles. The lowest BCUT2D eigenvalue weighted by molar-refractivity contribution is 0.0688. The molecular weight excluding hydrogens is 290 g/mol. The lowest BCUT2D eigenvalue weighted by atomic mass is 9.93. The average Bonchev–Trinajstić information content (AvgIpc) is 2.92. The van der Waals surface area contributed by atoms with Crippen LogP contribution in [0, 0.1) is 13.8 Å². The number of likely N-dealkylation sites (tertiary alicyclic amines) is 1. The fraction of sp³-hybridized carbons (Fsp3) is 0.471. The van der Waals surface area contributed by atoms with Gasteiger partial charge in [-0.1, -0.05) is 13.0 Å². The molecule has 124 valence electrons. The van der Waals surface area contributed by atoms with Crippen molar-refractivity contribution in [2.75, 3.05) is 5.32 Å². The first-order valence-corrected chi connectivity index (χ1v) is 8.08. The number of rotatable bonds is 3. The SMILES string of the molecule is CCC1CC(C)N1C(=O)Nc1ccc(C)c(-n2ncnc2C)c1.[HH]. The van der Waals surface area contributed by atoms with Gasteiger partial charge < -0.3 is 10.2 Å². The van der Waals surface area contributed by atoms with Crippen LogP contribution in [-0.2, 0) is 0 Å². The van der Waals surface area contributed by atoms with Gasteiger partial charge in [0.05, 0.1) is 5.69 Å². The molecule has 1 fully saturated rings. The number of aromatic nitrogens is 3. The molecule has 1 aromatic carbocycles. The molecule has 2 heterocycles. The van der Waals surface area contributed by atoms with Crippen molar-refractivity contribution in [3.8, 4) is 5.69 Å². The van der Waals surface area contributed by atoms with E-state index >= 15 is 0 Å². The fourth-order valence-corrected chi connectivity index (χ4v) is 3.21. The molecule has 0 saturated carbocycles. The zero-order valence-corrected chi connectivity index (χ0v) is 14.1. The highest BCUT2D eigenvalue weighted by Gasteiger charge is 2.37. The van der Waals surface area contributed by atoms with Crippen LogP contribution in [0.4, 0.5) is 10.5 Å². The number of aryl methyl sites for hydroxylation is 2. The van der Waals surface area contributed by atoms with Crippen molar-refractivity contribution < 1.29 is 6.22 Å². The second-order valence-electron chi connectivity index (χ2n) is 6.20. The predicted octanol–water partition coefficient (Wildman–Crippen LogP) is 3.53. The second-order valence-corrected chi connectivity index (χ2v) is 6.20. The van der Waals surface area contributed by atoms with Crippen LogP contribution in [0.1, 0.15) is 39.5 Å². The van der Waals surface area contributed by atoms with Crippen molar-refractivity contribution in [2.45, 2.75) is 52.6 Å². The van der Waals surface area contributed by atoms with Crippen molar-refractivity contribution in [2.24, 2.45) is 0 Å². The van der Waals surface area contributed by atoms with Crippen LogP contribution in [0.3, 0.4) is 0 Å². The summed E-state index contributed by atoms with van der Waals surface area (Å²) in [6.45, 7) is 8.14. The number of nitrogens with one attached hydrogen (secondary N) is 1. The molecule has 0 spiro atoms. The van der Waals surface area contributed by atoms with Crippen LogP contribution in [0.25, 0.3) is 5.69 Å². The van der Waals surface area contributed by atoms with Crippen molar-refractivity contribution >= 4 is 11.7 Å². The molecule has 0 bridgehead atoms. The summed E-state index contributed by atoms with van der Waals surface area (Å²) in [5.41, 5.74) is 2.79. The van der Waals surface area contributed by atoms with Gasteiger partial charge in [0, 0.05) is 19.2 Å². The first-order chi connectivity index (χ1) is 11.0. The standard InChI is InChI=1S/C17H23N5O.H2/c1-5-15-8-12(3)21(15)17(23)20-14-7-6-11(2)16(9-14)22-13(4)18-10-19-22;/h6-7,9-10,12,15H,5,8H2,1-4H3,(H,20,23);1H. The Morgan fingerprint density at radius 3 is 2.83 bits per heavy atom. The topological polar surface area (TPSA) is 63.1 Å². The number of hydrogen-bond donors (Lipinski definition) is 1. The molecule has 2 atom stereocenters. The number of carbonyl (C=O) groups is 1. The van der Waals surface area contributed by atoms with Gasteiger partial charge in [-0.25, -0.2) is 14.5 Å². The molecule has 2 unspecified atom stereocenters. The number of anilines is 1. The highest BCUT2D eigenvalue weighted by molar-refractivity contribution is 5.90. The first kappa shape index (κ1) is 15.5. The van der Waals surface area contributed by atoms with Gasteiger partial charge in [-0.15, -0.1) is 0 Å². The molecule has 2 amide bonds. The largest absolute Gasteiger partial charge is 0.322 e. The third-order valence-corrected chi connectivity index (χ3v) is 4.59. The Morgan fingerprint density at radius 2 is 2.22 bits per heavy atom. The Balaban J connectivity index is 0.00000208. The molecule has 1 aliphatic heterocycles. The Labute approximate surface area is 138 Å². The summed E-state index contributed by atoms with van der Waals surface area (Å²) >= 11 is 0. The third-order valence-electron chi connectivity index (χ3n) is 4.59. The maximum absolute atomic E-state index is 12.5. The molecule has 3 rings (SSSR count). The molecule has 2 aromatic rings. The van der Waals surface area contributed by atoms with Crippen LogP contribution in [0.5, 0.6) is 0 Å². The van der Waals surface area contributed by atoms with Gasteiger partial charge in [0.15, 0.2) is 0 Å². The van der Waals surface area contributed by atoms with E-state index in [2.05, 4.69) is 29.2 Å². The van der Waals surface area contributed by atoms with Crippen LogP contribution in [0.15, 0.2) is 24.5 Å². The number of benzene rings is 1. The summed E-state index contributed by atoms with van der Waals surface area (Å²) in [6.07, 6.45) is 3.61. The quantitative estimate of drug-likeness (QED) is 0.942. The van der Waals surface area contributed by atoms with E-state index in [0.29, 0.717) is 12.1 Å². The van der Waals surface area contributed by atoms with E-state index in [1.807, 2.05) is 36.9 Å². The van der Waals surface area contributed by atoms with Gasteiger partial charge in [0.1, 0.15) is 12.2 Å². The highest BCUT2D eigenvalue weighted by Crippen LogP contribution is 2.29. The maximum Gasteiger partial charge on any atom is 0.322 e. The average molecular weight is 315 g/mol. The first-order valence-electron chi connectivity index (χ1n) is 8.08. The molecular formula is C17H25N5O. The Hall–Kier alpha value is -2.37. The maximum atomic E-state index is 12.5.